The van der Waals surface area contributed by atoms with Crippen LogP contribution in [0.15, 0.2) is 60.8 Å². The second-order valence-corrected chi connectivity index (χ2v) is 5.91. The predicted octanol–water partition coefficient (Wildman–Crippen LogP) is 5.18. The second kappa shape index (κ2) is 7.32. The highest BCUT2D eigenvalue weighted by Gasteiger charge is 2.09. The third kappa shape index (κ3) is 4.33. The molecule has 0 saturated heterocycles. The molecular formula is C19H15ClFN3O. The molecule has 0 atom stereocenters. The summed E-state index contributed by atoms with van der Waals surface area (Å²) < 4.78 is 13.1. The fraction of sp³-hybridized carbons (Fsp3) is 0.0526. The average Bonchev–Trinajstić information content (AvgIpc) is 2.61. The Morgan fingerprint density at radius 1 is 1.00 bits per heavy atom. The Bertz CT molecular complexity index is 896. The molecule has 1 heterocycles. The molecule has 0 unspecified atom stereocenters. The number of carbonyl (C=O) groups excluding carboxylic acids is 1. The number of anilines is 3. The fourth-order valence-corrected chi connectivity index (χ4v) is 2.36. The number of pyridine rings is 1. The molecule has 0 bridgehead atoms. The van der Waals surface area contributed by atoms with Crippen molar-refractivity contribution in [2.24, 2.45) is 0 Å². The van der Waals surface area contributed by atoms with Gasteiger partial charge in [0.25, 0.3) is 5.91 Å². The Balaban J connectivity index is 1.67. The highest BCUT2D eigenvalue weighted by Crippen LogP contribution is 2.20. The van der Waals surface area contributed by atoms with E-state index in [1.807, 2.05) is 31.2 Å². The van der Waals surface area contributed by atoms with Crippen LogP contribution >= 0.6 is 11.6 Å². The zero-order valence-corrected chi connectivity index (χ0v) is 14.1. The number of rotatable bonds is 4. The van der Waals surface area contributed by atoms with E-state index in [2.05, 4.69) is 15.6 Å². The SMILES string of the molecule is Cc1ccc(Nc2ccc(C(=O)Nc3ccc(F)c(Cl)c3)nc2)cc1. The van der Waals surface area contributed by atoms with Crippen molar-refractivity contribution in [3.05, 3.63) is 82.9 Å². The van der Waals surface area contributed by atoms with Crippen LogP contribution in [0.4, 0.5) is 21.5 Å². The van der Waals surface area contributed by atoms with Gasteiger partial charge >= 0.3 is 0 Å². The largest absolute Gasteiger partial charge is 0.354 e. The number of amides is 1. The van der Waals surface area contributed by atoms with E-state index < -0.39 is 11.7 Å². The van der Waals surface area contributed by atoms with Gasteiger partial charge < -0.3 is 10.6 Å². The van der Waals surface area contributed by atoms with Crippen molar-refractivity contribution in [1.29, 1.82) is 0 Å². The van der Waals surface area contributed by atoms with Crippen LogP contribution in [0.1, 0.15) is 16.1 Å². The van der Waals surface area contributed by atoms with Gasteiger partial charge in [0.2, 0.25) is 0 Å². The van der Waals surface area contributed by atoms with E-state index in [1.165, 1.54) is 23.8 Å². The molecule has 0 saturated carbocycles. The zero-order chi connectivity index (χ0) is 17.8. The first-order valence-electron chi connectivity index (χ1n) is 7.57. The van der Waals surface area contributed by atoms with E-state index in [0.29, 0.717) is 5.69 Å². The molecule has 0 aliphatic carbocycles. The lowest BCUT2D eigenvalue weighted by Gasteiger charge is -2.08. The lowest BCUT2D eigenvalue weighted by Crippen LogP contribution is -2.13. The Morgan fingerprint density at radius 3 is 2.32 bits per heavy atom. The zero-order valence-electron chi connectivity index (χ0n) is 13.4. The molecule has 25 heavy (non-hydrogen) atoms. The molecule has 126 valence electrons. The standard InChI is InChI=1S/C19H15ClFN3O/c1-12-2-4-13(5-3-12)23-15-7-9-18(22-11-15)19(25)24-14-6-8-17(21)16(20)10-14/h2-11,23H,1H3,(H,24,25). The van der Waals surface area contributed by atoms with Gasteiger partial charge in [0.05, 0.1) is 16.9 Å². The van der Waals surface area contributed by atoms with Crippen LogP contribution in [0, 0.1) is 12.7 Å². The van der Waals surface area contributed by atoms with E-state index >= 15 is 0 Å². The third-order valence-electron chi connectivity index (χ3n) is 3.51. The van der Waals surface area contributed by atoms with Gasteiger partial charge in [-0.2, -0.15) is 0 Å². The molecular weight excluding hydrogens is 341 g/mol. The molecule has 6 heteroatoms. The van der Waals surface area contributed by atoms with E-state index in [4.69, 9.17) is 11.6 Å². The smallest absolute Gasteiger partial charge is 0.274 e. The summed E-state index contributed by atoms with van der Waals surface area (Å²) in [5.41, 5.74) is 3.53. The maximum absolute atomic E-state index is 13.1. The number of nitrogens with one attached hydrogen (secondary N) is 2. The van der Waals surface area contributed by atoms with Crippen LogP contribution in [-0.4, -0.2) is 10.9 Å². The first-order valence-corrected chi connectivity index (χ1v) is 7.95. The summed E-state index contributed by atoms with van der Waals surface area (Å²) >= 11 is 5.70. The monoisotopic (exact) mass is 355 g/mol. The number of hydrogen-bond donors (Lipinski definition) is 2. The number of halogens is 2. The van der Waals surface area contributed by atoms with Gasteiger partial charge in [-0.25, -0.2) is 9.37 Å². The lowest BCUT2D eigenvalue weighted by atomic mass is 10.2. The summed E-state index contributed by atoms with van der Waals surface area (Å²) in [6.07, 6.45) is 1.58. The predicted molar refractivity (Wildman–Crippen MR) is 98.1 cm³/mol. The number of hydrogen-bond acceptors (Lipinski definition) is 3. The number of aryl methyl sites for hydroxylation is 1. The molecule has 0 aliphatic heterocycles. The van der Waals surface area contributed by atoms with E-state index in [9.17, 15) is 9.18 Å². The van der Waals surface area contributed by atoms with E-state index in [0.717, 1.165) is 11.4 Å². The molecule has 0 aliphatic rings. The van der Waals surface area contributed by atoms with Crippen molar-refractivity contribution in [2.45, 2.75) is 6.92 Å². The van der Waals surface area contributed by atoms with Crippen molar-refractivity contribution in [1.82, 2.24) is 4.98 Å². The number of aromatic nitrogens is 1. The minimum absolute atomic E-state index is 0.0524. The summed E-state index contributed by atoms with van der Waals surface area (Å²) in [6.45, 7) is 2.02. The molecule has 0 radical (unpaired) electrons. The van der Waals surface area contributed by atoms with Crippen molar-refractivity contribution in [3.8, 4) is 0 Å². The highest BCUT2D eigenvalue weighted by atomic mass is 35.5. The summed E-state index contributed by atoms with van der Waals surface area (Å²) in [4.78, 5) is 16.3. The van der Waals surface area contributed by atoms with Crippen LogP contribution in [0.2, 0.25) is 5.02 Å². The molecule has 1 amide bonds. The van der Waals surface area contributed by atoms with Gasteiger partial charge in [0.15, 0.2) is 0 Å². The first kappa shape index (κ1) is 16.9. The maximum Gasteiger partial charge on any atom is 0.274 e. The molecule has 3 aromatic rings. The molecule has 3 rings (SSSR count). The summed E-state index contributed by atoms with van der Waals surface area (Å²) in [6, 6.07) is 15.3. The van der Waals surface area contributed by atoms with Gasteiger partial charge in [-0.1, -0.05) is 29.3 Å². The number of carbonyl (C=O) groups is 1. The molecule has 2 aromatic carbocycles. The second-order valence-electron chi connectivity index (χ2n) is 5.51. The minimum atomic E-state index is -0.538. The quantitative estimate of drug-likeness (QED) is 0.678. The minimum Gasteiger partial charge on any atom is -0.354 e. The highest BCUT2D eigenvalue weighted by molar-refractivity contribution is 6.31. The molecule has 1 aromatic heterocycles. The van der Waals surface area contributed by atoms with Crippen LogP contribution < -0.4 is 10.6 Å². The Hall–Kier alpha value is -2.92. The van der Waals surface area contributed by atoms with Crippen molar-refractivity contribution < 1.29 is 9.18 Å². The maximum atomic E-state index is 13.1. The Labute approximate surface area is 149 Å². The first-order chi connectivity index (χ1) is 12.0. The summed E-state index contributed by atoms with van der Waals surface area (Å²) in [5, 5.41) is 5.78. The van der Waals surface area contributed by atoms with E-state index in [1.54, 1.807) is 18.3 Å². The topological polar surface area (TPSA) is 54.0 Å². The Kier molecular flexibility index (Phi) is 4.95. The molecule has 4 nitrogen and oxygen atoms in total. The molecule has 2 N–H and O–H groups in total. The number of nitrogens with zero attached hydrogens (tertiary/aromatic N) is 1. The summed E-state index contributed by atoms with van der Waals surface area (Å²) in [5.74, 6) is -0.936. The van der Waals surface area contributed by atoms with Gasteiger partial charge in [-0.3, -0.25) is 4.79 Å². The van der Waals surface area contributed by atoms with E-state index in [-0.39, 0.29) is 10.7 Å². The lowest BCUT2D eigenvalue weighted by molar-refractivity contribution is 0.102. The van der Waals surface area contributed by atoms with Crippen molar-refractivity contribution >= 4 is 34.6 Å². The van der Waals surface area contributed by atoms with Crippen LogP contribution in [0.3, 0.4) is 0 Å². The number of benzene rings is 2. The van der Waals surface area contributed by atoms with Gasteiger partial charge in [-0.15, -0.1) is 0 Å². The Morgan fingerprint density at radius 2 is 1.68 bits per heavy atom. The summed E-state index contributed by atoms with van der Waals surface area (Å²) in [7, 11) is 0. The van der Waals surface area contributed by atoms with Crippen molar-refractivity contribution in [3.63, 3.8) is 0 Å². The van der Waals surface area contributed by atoms with Crippen LogP contribution in [-0.2, 0) is 0 Å². The molecule has 0 fully saturated rings. The van der Waals surface area contributed by atoms with Gasteiger partial charge in [0, 0.05) is 11.4 Å². The molecule has 0 spiro atoms. The van der Waals surface area contributed by atoms with Crippen LogP contribution in [0.5, 0.6) is 0 Å². The fourth-order valence-electron chi connectivity index (χ4n) is 2.17. The third-order valence-corrected chi connectivity index (χ3v) is 3.80. The normalized spacial score (nSPS) is 10.4. The van der Waals surface area contributed by atoms with Crippen LogP contribution in [0.25, 0.3) is 0 Å². The van der Waals surface area contributed by atoms with Gasteiger partial charge in [-0.05, 0) is 49.4 Å². The van der Waals surface area contributed by atoms with Gasteiger partial charge in [0.1, 0.15) is 11.5 Å². The average molecular weight is 356 g/mol. The van der Waals surface area contributed by atoms with Crippen molar-refractivity contribution in [2.75, 3.05) is 10.6 Å².